The zero-order chi connectivity index (χ0) is 10.7. The van der Waals surface area contributed by atoms with Gasteiger partial charge in [-0.1, -0.05) is 6.07 Å². The number of carbonyl (C=O) groups excluding carboxylic acids is 1. The lowest BCUT2D eigenvalue weighted by atomic mass is 10.1. The van der Waals surface area contributed by atoms with Crippen molar-refractivity contribution < 1.29 is 4.79 Å². The summed E-state index contributed by atoms with van der Waals surface area (Å²) in [5, 5.41) is 2.71. The number of benzene rings is 1. The number of aryl methyl sites for hydroxylation is 1. The van der Waals surface area contributed by atoms with Gasteiger partial charge in [-0.3, -0.25) is 4.79 Å². The van der Waals surface area contributed by atoms with Crippen LogP contribution in [-0.4, -0.2) is 11.9 Å². The molecule has 1 aromatic rings. The van der Waals surface area contributed by atoms with E-state index in [1.807, 2.05) is 13.0 Å². The number of anilines is 2. The van der Waals surface area contributed by atoms with Crippen molar-refractivity contribution in [3.63, 3.8) is 0 Å². The molecular weight excluding hydrogens is 214 g/mol. The summed E-state index contributed by atoms with van der Waals surface area (Å²) < 4.78 is 0. The van der Waals surface area contributed by atoms with Crippen molar-refractivity contribution in [3.8, 4) is 0 Å². The Bertz CT molecular complexity index is 353. The molecule has 0 bridgehead atoms. The lowest BCUT2D eigenvalue weighted by Crippen LogP contribution is -2.32. The Kier molecular flexibility index (Phi) is 5.11. The molecule has 5 N–H and O–H groups in total. The van der Waals surface area contributed by atoms with Crippen molar-refractivity contribution in [3.05, 3.63) is 23.8 Å². The number of carbonyl (C=O) groups is 1. The van der Waals surface area contributed by atoms with Crippen LogP contribution < -0.4 is 16.8 Å². The first kappa shape index (κ1) is 13.7. The fraction of sp³-hybridized carbons (Fsp3) is 0.300. The fourth-order valence-electron chi connectivity index (χ4n) is 1.02. The van der Waals surface area contributed by atoms with Crippen molar-refractivity contribution in [1.82, 2.24) is 0 Å². The highest BCUT2D eigenvalue weighted by atomic mass is 35.5. The molecule has 1 unspecified atom stereocenters. The summed E-state index contributed by atoms with van der Waals surface area (Å²) in [6.07, 6.45) is 0. The highest BCUT2D eigenvalue weighted by molar-refractivity contribution is 5.95. The van der Waals surface area contributed by atoms with Crippen LogP contribution in [0, 0.1) is 6.92 Å². The van der Waals surface area contributed by atoms with Gasteiger partial charge in [-0.25, -0.2) is 0 Å². The second-order valence-electron chi connectivity index (χ2n) is 3.35. The van der Waals surface area contributed by atoms with Gasteiger partial charge in [-0.2, -0.15) is 0 Å². The standard InChI is InChI=1S/C10H15N3O.ClH/c1-6-3-4-8(12)5-9(6)13-10(14)7(2)11;/h3-5,7H,11-12H2,1-2H3,(H,13,14);1H. The minimum atomic E-state index is -0.518. The number of hydrogen-bond donors (Lipinski definition) is 3. The predicted octanol–water partition coefficient (Wildman–Crippen LogP) is 1.28. The molecule has 1 aromatic carbocycles. The molecule has 0 saturated heterocycles. The Hall–Kier alpha value is -1.26. The van der Waals surface area contributed by atoms with E-state index in [1.54, 1.807) is 19.1 Å². The molecular formula is C10H16ClN3O. The van der Waals surface area contributed by atoms with Crippen LogP contribution in [0.5, 0.6) is 0 Å². The Morgan fingerprint density at radius 3 is 2.60 bits per heavy atom. The zero-order valence-electron chi connectivity index (χ0n) is 8.78. The van der Waals surface area contributed by atoms with E-state index in [1.165, 1.54) is 0 Å². The molecule has 1 rings (SSSR count). The second-order valence-corrected chi connectivity index (χ2v) is 3.35. The molecule has 0 radical (unpaired) electrons. The van der Waals surface area contributed by atoms with Gasteiger partial charge >= 0.3 is 0 Å². The van der Waals surface area contributed by atoms with E-state index in [4.69, 9.17) is 11.5 Å². The van der Waals surface area contributed by atoms with E-state index >= 15 is 0 Å². The van der Waals surface area contributed by atoms with E-state index in [9.17, 15) is 4.79 Å². The maximum atomic E-state index is 11.3. The van der Waals surface area contributed by atoms with Crippen LogP contribution in [0.3, 0.4) is 0 Å². The van der Waals surface area contributed by atoms with Crippen molar-refractivity contribution in [2.45, 2.75) is 19.9 Å². The van der Waals surface area contributed by atoms with Crippen LogP contribution in [-0.2, 0) is 4.79 Å². The van der Waals surface area contributed by atoms with Gasteiger partial charge in [0, 0.05) is 11.4 Å². The average molecular weight is 230 g/mol. The summed E-state index contributed by atoms with van der Waals surface area (Å²) in [4.78, 5) is 11.3. The third-order valence-electron chi connectivity index (χ3n) is 1.93. The van der Waals surface area contributed by atoms with Crippen LogP contribution in [0.25, 0.3) is 0 Å². The van der Waals surface area contributed by atoms with Gasteiger partial charge in [-0.05, 0) is 31.5 Å². The van der Waals surface area contributed by atoms with Crippen molar-refractivity contribution in [2.75, 3.05) is 11.1 Å². The van der Waals surface area contributed by atoms with Crippen LogP contribution in [0.2, 0.25) is 0 Å². The molecule has 5 heteroatoms. The second kappa shape index (κ2) is 5.58. The van der Waals surface area contributed by atoms with E-state index in [0.717, 1.165) is 5.56 Å². The summed E-state index contributed by atoms with van der Waals surface area (Å²) in [6, 6.07) is 4.84. The Labute approximate surface area is 95.4 Å². The lowest BCUT2D eigenvalue weighted by molar-refractivity contribution is -0.117. The molecule has 0 saturated carbocycles. The number of halogens is 1. The first-order valence-electron chi connectivity index (χ1n) is 4.43. The van der Waals surface area contributed by atoms with Gasteiger partial charge in [0.05, 0.1) is 6.04 Å². The molecule has 0 spiro atoms. The SMILES string of the molecule is Cc1ccc(N)cc1NC(=O)C(C)N.Cl. The Balaban J connectivity index is 0.00000196. The summed E-state index contributed by atoms with van der Waals surface area (Å²) in [5.74, 6) is -0.210. The monoisotopic (exact) mass is 229 g/mol. The smallest absolute Gasteiger partial charge is 0.241 e. The average Bonchev–Trinajstić information content (AvgIpc) is 2.11. The van der Waals surface area contributed by atoms with Gasteiger partial charge in [0.1, 0.15) is 0 Å². The lowest BCUT2D eigenvalue weighted by Gasteiger charge is -2.10. The first-order valence-corrected chi connectivity index (χ1v) is 4.43. The normalized spacial score (nSPS) is 11.4. The molecule has 0 fully saturated rings. The van der Waals surface area contributed by atoms with Crippen molar-refractivity contribution in [1.29, 1.82) is 0 Å². The third-order valence-corrected chi connectivity index (χ3v) is 1.93. The minimum absolute atomic E-state index is 0. The van der Waals surface area contributed by atoms with Crippen molar-refractivity contribution >= 4 is 29.7 Å². The maximum absolute atomic E-state index is 11.3. The van der Waals surface area contributed by atoms with Crippen LogP contribution in [0.15, 0.2) is 18.2 Å². The molecule has 1 amide bonds. The number of amides is 1. The van der Waals surface area contributed by atoms with Crippen LogP contribution >= 0.6 is 12.4 Å². The predicted molar refractivity (Wildman–Crippen MR) is 65.1 cm³/mol. The molecule has 0 aliphatic heterocycles. The van der Waals surface area contributed by atoms with Crippen molar-refractivity contribution in [2.24, 2.45) is 5.73 Å². The van der Waals surface area contributed by atoms with Crippen LogP contribution in [0.1, 0.15) is 12.5 Å². The van der Waals surface area contributed by atoms with E-state index in [-0.39, 0.29) is 18.3 Å². The number of nitrogens with one attached hydrogen (secondary N) is 1. The van der Waals surface area contributed by atoms with Gasteiger partial charge in [0.15, 0.2) is 0 Å². The summed E-state index contributed by atoms with van der Waals surface area (Å²) in [5.41, 5.74) is 13.3. The molecule has 0 aliphatic carbocycles. The number of nitrogens with two attached hydrogens (primary N) is 2. The molecule has 1 atom stereocenters. The van der Waals surface area contributed by atoms with E-state index < -0.39 is 6.04 Å². The highest BCUT2D eigenvalue weighted by Gasteiger charge is 2.08. The Morgan fingerprint density at radius 1 is 1.47 bits per heavy atom. The molecule has 0 aliphatic rings. The molecule has 0 heterocycles. The molecule has 84 valence electrons. The Morgan fingerprint density at radius 2 is 2.07 bits per heavy atom. The number of rotatable bonds is 2. The number of nitrogen functional groups attached to an aromatic ring is 1. The van der Waals surface area contributed by atoms with E-state index in [0.29, 0.717) is 11.4 Å². The number of hydrogen-bond acceptors (Lipinski definition) is 3. The summed E-state index contributed by atoms with van der Waals surface area (Å²) in [6.45, 7) is 3.53. The summed E-state index contributed by atoms with van der Waals surface area (Å²) >= 11 is 0. The zero-order valence-corrected chi connectivity index (χ0v) is 9.60. The van der Waals surface area contributed by atoms with Gasteiger partial charge in [0.25, 0.3) is 0 Å². The fourth-order valence-corrected chi connectivity index (χ4v) is 1.02. The minimum Gasteiger partial charge on any atom is -0.399 e. The van der Waals surface area contributed by atoms with Gasteiger partial charge < -0.3 is 16.8 Å². The van der Waals surface area contributed by atoms with Gasteiger partial charge in [-0.15, -0.1) is 12.4 Å². The molecule has 4 nitrogen and oxygen atoms in total. The molecule has 15 heavy (non-hydrogen) atoms. The van der Waals surface area contributed by atoms with E-state index in [2.05, 4.69) is 5.32 Å². The molecule has 0 aromatic heterocycles. The largest absolute Gasteiger partial charge is 0.399 e. The van der Waals surface area contributed by atoms with Gasteiger partial charge in [0.2, 0.25) is 5.91 Å². The summed E-state index contributed by atoms with van der Waals surface area (Å²) in [7, 11) is 0. The van der Waals surface area contributed by atoms with Crippen LogP contribution in [0.4, 0.5) is 11.4 Å². The topological polar surface area (TPSA) is 81.1 Å². The third kappa shape index (κ3) is 3.77. The quantitative estimate of drug-likeness (QED) is 0.669. The maximum Gasteiger partial charge on any atom is 0.241 e. The highest BCUT2D eigenvalue weighted by Crippen LogP contribution is 2.17. The first-order chi connectivity index (χ1) is 6.50.